The molecule has 12 heavy (non-hydrogen) atoms. The average molecular weight is 172 g/mol. The predicted molar refractivity (Wildman–Crippen MR) is 41.5 cm³/mol. The van der Waals surface area contributed by atoms with Crippen LogP contribution >= 0.6 is 0 Å². The number of carbonyl (C=O) groups excluding carboxylic acids is 1. The predicted octanol–water partition coefficient (Wildman–Crippen LogP) is -0.133. The molecular weight excluding hydrogens is 160 g/mol. The van der Waals surface area contributed by atoms with Crippen molar-refractivity contribution in [1.29, 1.82) is 0 Å². The Morgan fingerprint density at radius 1 is 1.75 bits per heavy atom. The molecule has 1 fully saturated rings. The van der Waals surface area contributed by atoms with Crippen LogP contribution in [-0.4, -0.2) is 37.0 Å². The van der Waals surface area contributed by atoms with Crippen LogP contribution < -0.4 is 0 Å². The number of hydrogen-bond acceptors (Lipinski definition) is 4. The maximum absolute atomic E-state index is 11.0. The summed E-state index contributed by atoms with van der Waals surface area (Å²) in [6.45, 7) is 4.35. The van der Waals surface area contributed by atoms with Gasteiger partial charge in [-0.05, 0) is 0 Å². The van der Waals surface area contributed by atoms with Crippen LogP contribution in [-0.2, 0) is 14.3 Å². The molecule has 0 aliphatic carbocycles. The van der Waals surface area contributed by atoms with Crippen molar-refractivity contribution in [3.05, 3.63) is 12.2 Å². The molecule has 0 amide bonds. The molecule has 0 aromatic rings. The van der Waals surface area contributed by atoms with Gasteiger partial charge in [-0.2, -0.15) is 0 Å². The van der Waals surface area contributed by atoms with Crippen LogP contribution in [0.15, 0.2) is 12.2 Å². The number of ether oxygens (including phenoxy) is 2. The van der Waals surface area contributed by atoms with E-state index in [2.05, 4.69) is 6.58 Å². The molecule has 0 radical (unpaired) electrons. The molecule has 0 aromatic carbocycles. The van der Waals surface area contributed by atoms with Crippen molar-refractivity contribution in [2.75, 3.05) is 19.8 Å². The highest BCUT2D eigenvalue weighted by Gasteiger charge is 2.24. The normalized spacial score (nSPS) is 20.2. The van der Waals surface area contributed by atoms with Gasteiger partial charge in [0, 0.05) is 18.6 Å². The summed E-state index contributed by atoms with van der Waals surface area (Å²) < 4.78 is 9.65. The Morgan fingerprint density at radius 3 is 2.92 bits per heavy atom. The first-order valence-electron chi connectivity index (χ1n) is 3.81. The van der Waals surface area contributed by atoms with Gasteiger partial charge in [-0.15, -0.1) is 0 Å². The lowest BCUT2D eigenvalue weighted by Crippen LogP contribution is -2.12. The molecule has 1 saturated heterocycles. The van der Waals surface area contributed by atoms with Gasteiger partial charge in [0.15, 0.2) is 0 Å². The highest BCUT2D eigenvalue weighted by molar-refractivity contribution is 5.87. The molecule has 4 nitrogen and oxygen atoms in total. The summed E-state index contributed by atoms with van der Waals surface area (Å²) in [4.78, 5) is 11.0. The van der Waals surface area contributed by atoms with Gasteiger partial charge in [0.2, 0.25) is 0 Å². The first-order chi connectivity index (χ1) is 5.74. The van der Waals surface area contributed by atoms with Crippen LogP contribution in [0.5, 0.6) is 0 Å². The Bertz CT molecular complexity index is 183. The monoisotopic (exact) mass is 172 g/mol. The van der Waals surface area contributed by atoms with Gasteiger partial charge < -0.3 is 14.6 Å². The zero-order valence-electron chi connectivity index (χ0n) is 6.78. The topological polar surface area (TPSA) is 59.1 Å². The van der Waals surface area contributed by atoms with Crippen molar-refractivity contribution >= 4 is 5.97 Å². The molecule has 1 heterocycles. The summed E-state index contributed by atoms with van der Waals surface area (Å²) in [5.41, 5.74) is 0.304. The minimum atomic E-state index is -0.445. The van der Waals surface area contributed by atoms with E-state index in [4.69, 9.17) is 14.6 Å². The highest BCUT2D eigenvalue weighted by atomic mass is 16.6. The van der Waals surface area contributed by atoms with Crippen LogP contribution in [0.2, 0.25) is 0 Å². The Labute approximate surface area is 70.8 Å². The van der Waals surface area contributed by atoms with Gasteiger partial charge in [0.05, 0.1) is 6.61 Å². The molecule has 1 aliphatic rings. The van der Waals surface area contributed by atoms with Gasteiger partial charge >= 0.3 is 5.97 Å². The molecule has 0 aromatic heterocycles. The van der Waals surface area contributed by atoms with E-state index >= 15 is 0 Å². The fraction of sp³-hybridized carbons (Fsp3) is 0.625. The summed E-state index contributed by atoms with van der Waals surface area (Å²) in [7, 11) is 0. The van der Waals surface area contributed by atoms with Crippen LogP contribution in [0.4, 0.5) is 0 Å². The lowest BCUT2D eigenvalue weighted by molar-refractivity contribution is -0.139. The van der Waals surface area contributed by atoms with Crippen molar-refractivity contribution in [3.8, 4) is 0 Å². The van der Waals surface area contributed by atoms with E-state index in [0.717, 1.165) is 0 Å². The number of epoxide rings is 1. The second-order valence-corrected chi connectivity index (χ2v) is 2.63. The molecule has 4 heteroatoms. The maximum Gasteiger partial charge on any atom is 0.333 e. The zero-order chi connectivity index (χ0) is 8.97. The van der Waals surface area contributed by atoms with E-state index in [0.29, 0.717) is 18.8 Å². The fourth-order valence-electron chi connectivity index (χ4n) is 0.672. The van der Waals surface area contributed by atoms with Crippen molar-refractivity contribution in [2.45, 2.75) is 12.5 Å². The minimum Gasteiger partial charge on any atom is -0.459 e. The quantitative estimate of drug-likeness (QED) is 0.356. The lowest BCUT2D eigenvalue weighted by atomic mass is 10.2. The van der Waals surface area contributed by atoms with Crippen molar-refractivity contribution < 1.29 is 19.4 Å². The minimum absolute atomic E-state index is 0.0755. The second kappa shape index (κ2) is 4.23. The zero-order valence-corrected chi connectivity index (χ0v) is 6.78. The molecule has 0 spiro atoms. The van der Waals surface area contributed by atoms with E-state index < -0.39 is 5.97 Å². The standard InChI is InChI=1S/C8H12O4/c1-6(2-3-9)8(10)12-5-7-4-11-7/h7,9H,1-5H2. The number of carbonyl (C=O) groups is 1. The fourth-order valence-corrected chi connectivity index (χ4v) is 0.672. The van der Waals surface area contributed by atoms with E-state index in [1.165, 1.54) is 0 Å². The number of hydrogen-bond donors (Lipinski definition) is 1. The summed E-state index contributed by atoms with van der Waals surface area (Å²) in [5.74, 6) is -0.445. The maximum atomic E-state index is 11.0. The Morgan fingerprint density at radius 2 is 2.42 bits per heavy atom. The summed E-state index contributed by atoms with van der Waals surface area (Å²) in [6.07, 6.45) is 0.348. The molecule has 0 bridgehead atoms. The molecule has 68 valence electrons. The first kappa shape index (κ1) is 9.22. The first-order valence-corrected chi connectivity index (χ1v) is 3.81. The summed E-state index contributed by atoms with van der Waals surface area (Å²) in [5, 5.41) is 8.48. The van der Waals surface area contributed by atoms with E-state index in [9.17, 15) is 4.79 Å². The van der Waals surface area contributed by atoms with E-state index in [1.807, 2.05) is 0 Å². The van der Waals surface area contributed by atoms with E-state index in [-0.39, 0.29) is 19.1 Å². The van der Waals surface area contributed by atoms with E-state index in [1.54, 1.807) is 0 Å². The SMILES string of the molecule is C=C(CCO)C(=O)OCC1CO1. The second-order valence-electron chi connectivity index (χ2n) is 2.63. The van der Waals surface area contributed by atoms with Crippen LogP contribution in [0.1, 0.15) is 6.42 Å². The van der Waals surface area contributed by atoms with Crippen molar-refractivity contribution in [3.63, 3.8) is 0 Å². The number of aliphatic hydroxyl groups excluding tert-OH is 1. The van der Waals surface area contributed by atoms with Crippen LogP contribution in [0.25, 0.3) is 0 Å². The number of rotatable bonds is 5. The highest BCUT2D eigenvalue weighted by Crippen LogP contribution is 2.10. The Balaban J connectivity index is 2.12. The third kappa shape index (κ3) is 3.02. The third-order valence-electron chi connectivity index (χ3n) is 1.50. The van der Waals surface area contributed by atoms with Gasteiger partial charge in [0.1, 0.15) is 12.7 Å². The molecule has 0 saturated carbocycles. The molecule has 1 rings (SSSR count). The lowest BCUT2D eigenvalue weighted by Gasteiger charge is -2.03. The molecule has 1 atom stereocenters. The molecular formula is C8H12O4. The van der Waals surface area contributed by atoms with Gasteiger partial charge in [0.25, 0.3) is 0 Å². The molecule has 1 unspecified atom stereocenters. The van der Waals surface area contributed by atoms with Gasteiger partial charge in [-0.25, -0.2) is 4.79 Å². The van der Waals surface area contributed by atoms with Crippen LogP contribution in [0.3, 0.4) is 0 Å². The molecule has 1 aliphatic heterocycles. The van der Waals surface area contributed by atoms with Gasteiger partial charge in [-0.3, -0.25) is 0 Å². The molecule has 1 N–H and O–H groups in total. The Kier molecular flexibility index (Phi) is 3.25. The van der Waals surface area contributed by atoms with Gasteiger partial charge in [-0.1, -0.05) is 6.58 Å². The largest absolute Gasteiger partial charge is 0.459 e. The third-order valence-corrected chi connectivity index (χ3v) is 1.50. The Hall–Kier alpha value is -0.870. The smallest absolute Gasteiger partial charge is 0.333 e. The number of aliphatic hydroxyl groups is 1. The summed E-state index contributed by atoms with van der Waals surface area (Å²) >= 11 is 0. The van der Waals surface area contributed by atoms with Crippen LogP contribution in [0, 0.1) is 0 Å². The average Bonchev–Trinajstić information content (AvgIpc) is 2.83. The summed E-state index contributed by atoms with van der Waals surface area (Å²) in [6, 6.07) is 0. The van der Waals surface area contributed by atoms with Crippen molar-refractivity contribution in [2.24, 2.45) is 0 Å². The number of esters is 1. The van der Waals surface area contributed by atoms with Crippen molar-refractivity contribution in [1.82, 2.24) is 0 Å².